The van der Waals surface area contributed by atoms with Gasteiger partial charge in [0.05, 0.1) is 11.5 Å². The molecule has 2 amide bonds. The van der Waals surface area contributed by atoms with Gasteiger partial charge < -0.3 is 10.2 Å². The fraction of sp³-hybridized carbons (Fsp3) is 0.444. The Morgan fingerprint density at radius 2 is 1.75 bits per heavy atom. The number of nitrogens with zero attached hydrogens (tertiary/aromatic N) is 1. The molecule has 9 heteroatoms. The summed E-state index contributed by atoms with van der Waals surface area (Å²) in [7, 11) is 0. The average Bonchev–Trinajstić information content (AvgIpc) is 2.91. The zero-order chi connectivity index (χ0) is 25.2. The normalized spacial score (nSPS) is 24.7. The molecule has 3 N–H and O–H groups in total. The molecule has 0 aliphatic carbocycles. The van der Waals surface area contributed by atoms with Crippen molar-refractivity contribution in [3.05, 3.63) is 70.8 Å². The largest absolute Gasteiger partial charge is 0.339 e. The van der Waals surface area contributed by atoms with Gasteiger partial charge in [0.15, 0.2) is 5.78 Å². The Hall–Kier alpha value is -3.17. The molecule has 0 bridgehead atoms. The van der Waals surface area contributed by atoms with E-state index in [0.29, 0.717) is 37.9 Å². The topological polar surface area (TPSA) is 90.5 Å². The third-order valence-corrected chi connectivity index (χ3v) is 7.65. The number of fused-ring (bicyclic) bond motifs is 1. The van der Waals surface area contributed by atoms with Crippen molar-refractivity contribution < 1.29 is 23.2 Å². The molecule has 36 heavy (non-hydrogen) atoms. The smallest absolute Gasteiger partial charge is 0.256 e. The second-order valence-electron chi connectivity index (χ2n) is 9.92. The second kappa shape index (κ2) is 10.4. The number of hydrogen-bond donors (Lipinski definition) is 3. The number of nitrogens with one attached hydrogen (secondary N) is 3. The summed E-state index contributed by atoms with van der Waals surface area (Å²) in [4.78, 5) is 39.7. The molecule has 0 aromatic heterocycles. The third-order valence-electron chi connectivity index (χ3n) is 7.65. The molecule has 3 unspecified atom stereocenters. The molecule has 3 aliphatic rings. The number of halogens is 2. The van der Waals surface area contributed by atoms with Crippen LogP contribution < -0.4 is 16.2 Å². The molecule has 3 aliphatic heterocycles. The Bertz CT molecular complexity index is 1150. The number of carbonyl (C=O) groups excluding carboxylic acids is 3. The zero-order valence-electron chi connectivity index (χ0n) is 19.9. The Kier molecular flexibility index (Phi) is 7.11. The van der Waals surface area contributed by atoms with Crippen LogP contribution in [0.1, 0.15) is 52.0 Å². The van der Waals surface area contributed by atoms with E-state index in [-0.39, 0.29) is 47.1 Å². The van der Waals surface area contributed by atoms with E-state index in [1.165, 1.54) is 30.3 Å². The lowest BCUT2D eigenvalue weighted by Gasteiger charge is -2.41. The maximum absolute atomic E-state index is 14.7. The predicted octanol–water partition coefficient (Wildman–Crippen LogP) is 2.61. The van der Waals surface area contributed by atoms with Gasteiger partial charge in [0, 0.05) is 36.7 Å². The lowest BCUT2D eigenvalue weighted by molar-refractivity contribution is -0.131. The van der Waals surface area contributed by atoms with Gasteiger partial charge in [-0.15, -0.1) is 0 Å². The molecule has 0 saturated carbocycles. The minimum Gasteiger partial charge on any atom is -0.339 e. The zero-order valence-corrected chi connectivity index (χ0v) is 19.9. The van der Waals surface area contributed by atoms with Gasteiger partial charge >= 0.3 is 0 Å². The highest BCUT2D eigenvalue weighted by Crippen LogP contribution is 2.26. The molecule has 7 nitrogen and oxygen atoms in total. The molecule has 5 rings (SSSR count). The molecule has 3 fully saturated rings. The molecule has 0 spiro atoms. The van der Waals surface area contributed by atoms with Crippen molar-refractivity contribution in [1.82, 2.24) is 21.1 Å². The first kappa shape index (κ1) is 24.5. The first-order valence-corrected chi connectivity index (χ1v) is 12.6. The van der Waals surface area contributed by atoms with Gasteiger partial charge in [-0.1, -0.05) is 6.07 Å². The molecule has 2 aromatic carbocycles. The van der Waals surface area contributed by atoms with E-state index in [0.717, 1.165) is 24.9 Å². The lowest BCUT2D eigenvalue weighted by Crippen LogP contribution is -2.67. The summed E-state index contributed by atoms with van der Waals surface area (Å²) < 4.78 is 27.9. The summed E-state index contributed by atoms with van der Waals surface area (Å²) in [5, 5.41) is 3.43. The minimum absolute atomic E-state index is 0.0141. The van der Waals surface area contributed by atoms with E-state index in [9.17, 15) is 23.2 Å². The summed E-state index contributed by atoms with van der Waals surface area (Å²) in [5.41, 5.74) is 7.11. The van der Waals surface area contributed by atoms with Crippen molar-refractivity contribution >= 4 is 17.6 Å². The van der Waals surface area contributed by atoms with Crippen molar-refractivity contribution in [2.24, 2.45) is 11.8 Å². The number of ketones is 1. The fourth-order valence-corrected chi connectivity index (χ4v) is 5.64. The van der Waals surface area contributed by atoms with Crippen molar-refractivity contribution in [3.63, 3.8) is 0 Å². The van der Waals surface area contributed by atoms with Crippen molar-refractivity contribution in [2.45, 2.75) is 44.2 Å². The van der Waals surface area contributed by atoms with Gasteiger partial charge in [-0.05, 0) is 80.6 Å². The molecule has 3 saturated heterocycles. The van der Waals surface area contributed by atoms with Crippen LogP contribution in [0.4, 0.5) is 8.78 Å². The molecule has 0 radical (unpaired) electrons. The third kappa shape index (κ3) is 5.03. The number of piperidine rings is 2. The van der Waals surface area contributed by atoms with Crippen molar-refractivity contribution in [2.75, 3.05) is 19.6 Å². The molecular formula is C27H30F2N4O3. The molecule has 2 aromatic rings. The Labute approximate surface area is 208 Å². The first-order valence-electron chi connectivity index (χ1n) is 12.6. The van der Waals surface area contributed by atoms with Crippen LogP contribution in [-0.2, 0) is 11.2 Å². The van der Waals surface area contributed by atoms with Gasteiger partial charge in [-0.3, -0.25) is 19.8 Å². The van der Waals surface area contributed by atoms with E-state index >= 15 is 0 Å². The van der Waals surface area contributed by atoms with Crippen LogP contribution in [-0.4, -0.2) is 54.2 Å². The average molecular weight is 497 g/mol. The number of benzene rings is 2. The van der Waals surface area contributed by atoms with Gasteiger partial charge in [0.2, 0.25) is 5.91 Å². The highest BCUT2D eigenvalue weighted by molar-refractivity contribution is 5.98. The molecular weight excluding hydrogens is 466 g/mol. The van der Waals surface area contributed by atoms with Crippen LogP contribution in [0.5, 0.6) is 0 Å². The quantitative estimate of drug-likeness (QED) is 0.554. The minimum atomic E-state index is -0.577. The van der Waals surface area contributed by atoms with E-state index in [4.69, 9.17) is 0 Å². The van der Waals surface area contributed by atoms with E-state index in [2.05, 4.69) is 16.2 Å². The standard InChI is InChI=1S/C27H30F2N4O3/c28-19-6-4-17(5-7-19)25(34)18-9-12-33(13-10-18)27(36)21-14-16(3-8-22(21)29)15-23-24-20(2-1-11-30-24)26(35)32-31-23/h3-8,14,18,20,23-24,30-31H,1-2,9-13,15H2,(H,32,35). The predicted molar refractivity (Wildman–Crippen MR) is 129 cm³/mol. The summed E-state index contributed by atoms with van der Waals surface area (Å²) >= 11 is 0. The summed E-state index contributed by atoms with van der Waals surface area (Å²) in [6, 6.07) is 10.00. The number of rotatable bonds is 5. The van der Waals surface area contributed by atoms with Gasteiger partial charge in [0.1, 0.15) is 11.6 Å². The summed E-state index contributed by atoms with van der Waals surface area (Å²) in [5.74, 6) is -1.79. The van der Waals surface area contributed by atoms with Crippen molar-refractivity contribution in [1.29, 1.82) is 0 Å². The van der Waals surface area contributed by atoms with Crippen LogP contribution >= 0.6 is 0 Å². The SMILES string of the molecule is O=C(c1ccc(F)cc1)C1CCN(C(=O)c2cc(CC3NNC(=O)C4CCCNC34)ccc2F)CC1. The van der Waals surface area contributed by atoms with Crippen LogP contribution in [0.15, 0.2) is 42.5 Å². The number of hydrazine groups is 1. The Morgan fingerprint density at radius 1 is 1.00 bits per heavy atom. The summed E-state index contributed by atoms with van der Waals surface area (Å²) in [6.45, 7) is 1.55. The Balaban J connectivity index is 1.23. The van der Waals surface area contributed by atoms with Crippen LogP contribution in [0.25, 0.3) is 0 Å². The number of hydrogen-bond acceptors (Lipinski definition) is 5. The second-order valence-corrected chi connectivity index (χ2v) is 9.92. The van der Waals surface area contributed by atoms with Gasteiger partial charge in [-0.25, -0.2) is 14.2 Å². The van der Waals surface area contributed by atoms with Crippen LogP contribution in [0.2, 0.25) is 0 Å². The van der Waals surface area contributed by atoms with Gasteiger partial charge in [0.25, 0.3) is 5.91 Å². The number of carbonyl (C=O) groups is 3. The Morgan fingerprint density at radius 3 is 2.50 bits per heavy atom. The van der Waals surface area contributed by atoms with Crippen LogP contribution in [0.3, 0.4) is 0 Å². The van der Waals surface area contributed by atoms with Crippen LogP contribution in [0, 0.1) is 23.5 Å². The molecule has 3 heterocycles. The maximum atomic E-state index is 14.7. The van der Waals surface area contributed by atoms with E-state index < -0.39 is 11.6 Å². The lowest BCUT2D eigenvalue weighted by atomic mass is 9.82. The highest BCUT2D eigenvalue weighted by atomic mass is 19.1. The highest BCUT2D eigenvalue weighted by Gasteiger charge is 2.40. The number of likely N-dealkylation sites (tertiary alicyclic amines) is 1. The first-order chi connectivity index (χ1) is 17.4. The molecule has 3 atom stereocenters. The fourth-order valence-electron chi connectivity index (χ4n) is 5.64. The van der Waals surface area contributed by atoms with Crippen molar-refractivity contribution in [3.8, 4) is 0 Å². The number of amides is 2. The number of Topliss-reactive ketones (excluding diaryl/α,β-unsaturated/α-hetero) is 1. The molecule has 190 valence electrons. The summed E-state index contributed by atoms with van der Waals surface area (Å²) in [6.07, 6.45) is 3.26. The van der Waals surface area contributed by atoms with E-state index in [1.807, 2.05) is 0 Å². The van der Waals surface area contributed by atoms with Gasteiger partial charge in [-0.2, -0.15) is 0 Å². The monoisotopic (exact) mass is 496 g/mol. The van der Waals surface area contributed by atoms with E-state index in [1.54, 1.807) is 17.0 Å². The maximum Gasteiger partial charge on any atom is 0.256 e.